The summed E-state index contributed by atoms with van der Waals surface area (Å²) >= 11 is 1.72. The van der Waals surface area contributed by atoms with Gasteiger partial charge in [-0.2, -0.15) is 0 Å². The highest BCUT2D eigenvalue weighted by molar-refractivity contribution is 7.10. The van der Waals surface area contributed by atoms with Crippen molar-refractivity contribution in [3.8, 4) is 0 Å². The molecular formula is C16H16N4OS. The minimum absolute atomic E-state index is 0.117. The zero-order chi connectivity index (χ0) is 14.9. The van der Waals surface area contributed by atoms with E-state index >= 15 is 0 Å². The zero-order valence-electron chi connectivity index (χ0n) is 12.1. The van der Waals surface area contributed by atoms with E-state index in [2.05, 4.69) is 21.8 Å². The van der Waals surface area contributed by atoms with Gasteiger partial charge in [0.1, 0.15) is 12.1 Å². The van der Waals surface area contributed by atoms with Crippen LogP contribution < -0.4 is 0 Å². The van der Waals surface area contributed by atoms with E-state index in [0.717, 1.165) is 30.4 Å². The Balaban J connectivity index is 1.57. The molecule has 6 heteroatoms. The van der Waals surface area contributed by atoms with Gasteiger partial charge >= 0.3 is 0 Å². The van der Waals surface area contributed by atoms with Crippen molar-refractivity contribution < 1.29 is 4.79 Å². The molecule has 0 radical (unpaired) electrons. The summed E-state index contributed by atoms with van der Waals surface area (Å²) in [6.45, 7) is 1.08. The number of carbonyl (C=O) groups excluding carboxylic acids is 1. The van der Waals surface area contributed by atoms with Crippen molar-refractivity contribution in [1.82, 2.24) is 19.9 Å². The molecule has 1 aromatic carbocycles. The van der Waals surface area contributed by atoms with Gasteiger partial charge in [0.15, 0.2) is 0 Å². The van der Waals surface area contributed by atoms with Crippen molar-refractivity contribution in [2.45, 2.75) is 25.4 Å². The highest BCUT2D eigenvalue weighted by Crippen LogP contribution is 2.34. The van der Waals surface area contributed by atoms with Gasteiger partial charge in [-0.1, -0.05) is 23.4 Å². The SMILES string of the molecule is O=C(Cn1nnc2ccccc21)N1CCC[C@@H]1c1cccs1. The molecule has 5 nitrogen and oxygen atoms in total. The molecule has 0 spiro atoms. The second-order valence-corrected chi connectivity index (χ2v) is 6.48. The third-order valence-corrected chi connectivity index (χ3v) is 5.12. The summed E-state index contributed by atoms with van der Waals surface area (Å²) in [5.74, 6) is 0.117. The Morgan fingerprint density at radius 1 is 1.27 bits per heavy atom. The van der Waals surface area contributed by atoms with Crippen LogP contribution in [0.4, 0.5) is 0 Å². The van der Waals surface area contributed by atoms with Crippen LogP contribution in [0.3, 0.4) is 0 Å². The van der Waals surface area contributed by atoms with Crippen molar-refractivity contribution in [2.24, 2.45) is 0 Å². The summed E-state index contributed by atoms with van der Waals surface area (Å²) in [5.41, 5.74) is 1.73. The van der Waals surface area contributed by atoms with Crippen LogP contribution in [0, 0.1) is 0 Å². The van der Waals surface area contributed by atoms with Gasteiger partial charge in [-0.15, -0.1) is 16.4 Å². The number of amides is 1. The van der Waals surface area contributed by atoms with Crippen molar-refractivity contribution in [3.63, 3.8) is 0 Å². The van der Waals surface area contributed by atoms with E-state index in [4.69, 9.17) is 0 Å². The van der Waals surface area contributed by atoms with Gasteiger partial charge in [0.05, 0.1) is 11.6 Å². The maximum Gasteiger partial charge on any atom is 0.244 e. The van der Waals surface area contributed by atoms with E-state index in [0.29, 0.717) is 0 Å². The molecule has 0 unspecified atom stereocenters. The molecular weight excluding hydrogens is 296 g/mol. The highest BCUT2D eigenvalue weighted by atomic mass is 32.1. The van der Waals surface area contributed by atoms with Crippen LogP contribution in [0.15, 0.2) is 41.8 Å². The number of hydrogen-bond acceptors (Lipinski definition) is 4. The lowest BCUT2D eigenvalue weighted by molar-refractivity contribution is -0.132. The number of likely N-dealkylation sites (tertiary alicyclic amines) is 1. The Morgan fingerprint density at radius 2 is 2.18 bits per heavy atom. The molecule has 1 atom stereocenters. The summed E-state index contributed by atoms with van der Waals surface area (Å²) in [5, 5.41) is 10.3. The molecule has 1 fully saturated rings. The fourth-order valence-electron chi connectivity index (χ4n) is 3.09. The Kier molecular flexibility index (Phi) is 3.38. The van der Waals surface area contributed by atoms with Crippen LogP contribution in [0.25, 0.3) is 11.0 Å². The lowest BCUT2D eigenvalue weighted by atomic mass is 10.2. The maximum absolute atomic E-state index is 12.7. The van der Waals surface area contributed by atoms with Gasteiger partial charge in [0.2, 0.25) is 5.91 Å². The quantitative estimate of drug-likeness (QED) is 0.747. The number of thiophene rings is 1. The molecule has 3 heterocycles. The van der Waals surface area contributed by atoms with Crippen LogP contribution in [-0.2, 0) is 11.3 Å². The summed E-state index contributed by atoms with van der Waals surface area (Å²) in [6.07, 6.45) is 2.11. The third kappa shape index (κ3) is 2.29. The molecule has 4 rings (SSSR count). The molecule has 1 aliphatic rings. The van der Waals surface area contributed by atoms with Crippen molar-refractivity contribution >= 4 is 28.3 Å². The number of para-hydroxylation sites is 1. The standard InChI is InChI=1S/C16H16N4OS/c21-16(11-20-13-6-2-1-5-12(13)17-18-20)19-9-3-7-14(19)15-8-4-10-22-15/h1-2,4-6,8,10,14H,3,7,9,11H2/t14-/m1/s1. The van der Waals surface area contributed by atoms with Gasteiger partial charge in [-0.05, 0) is 36.4 Å². The molecule has 1 aliphatic heterocycles. The molecule has 0 saturated carbocycles. The van der Waals surface area contributed by atoms with E-state index in [9.17, 15) is 4.79 Å². The van der Waals surface area contributed by atoms with E-state index in [1.165, 1.54) is 4.88 Å². The zero-order valence-corrected chi connectivity index (χ0v) is 12.9. The first-order valence-electron chi connectivity index (χ1n) is 7.44. The van der Waals surface area contributed by atoms with Gasteiger partial charge in [-0.25, -0.2) is 4.68 Å². The molecule has 3 aromatic rings. The topological polar surface area (TPSA) is 51.0 Å². The molecule has 22 heavy (non-hydrogen) atoms. The smallest absolute Gasteiger partial charge is 0.244 e. The normalized spacial score (nSPS) is 18.2. The summed E-state index contributed by atoms with van der Waals surface area (Å²) < 4.78 is 1.70. The van der Waals surface area contributed by atoms with Crippen LogP contribution in [0.1, 0.15) is 23.8 Å². The summed E-state index contributed by atoms with van der Waals surface area (Å²) in [6, 6.07) is 12.1. The first-order valence-corrected chi connectivity index (χ1v) is 8.32. The van der Waals surface area contributed by atoms with Gasteiger partial charge in [0, 0.05) is 11.4 Å². The lowest BCUT2D eigenvalue weighted by Crippen LogP contribution is -2.33. The van der Waals surface area contributed by atoms with Crippen LogP contribution in [0.5, 0.6) is 0 Å². The monoisotopic (exact) mass is 312 g/mol. The van der Waals surface area contributed by atoms with Crippen molar-refractivity contribution in [3.05, 3.63) is 46.7 Å². The molecule has 1 amide bonds. The summed E-state index contributed by atoms with van der Waals surface area (Å²) in [7, 11) is 0. The predicted octanol–water partition coefficient (Wildman–Crippen LogP) is 2.86. The molecule has 0 aliphatic carbocycles. The van der Waals surface area contributed by atoms with Crippen LogP contribution >= 0.6 is 11.3 Å². The number of fused-ring (bicyclic) bond motifs is 1. The Hall–Kier alpha value is -2.21. The van der Waals surface area contributed by atoms with Gasteiger partial charge in [-0.3, -0.25) is 4.79 Å². The second kappa shape index (κ2) is 5.53. The minimum atomic E-state index is 0.117. The highest BCUT2D eigenvalue weighted by Gasteiger charge is 2.30. The van der Waals surface area contributed by atoms with E-state index in [1.807, 2.05) is 35.2 Å². The largest absolute Gasteiger partial charge is 0.333 e. The summed E-state index contributed by atoms with van der Waals surface area (Å²) in [4.78, 5) is 16.0. The fraction of sp³-hybridized carbons (Fsp3) is 0.312. The van der Waals surface area contributed by atoms with Crippen molar-refractivity contribution in [1.29, 1.82) is 0 Å². The van der Waals surface area contributed by atoms with Crippen molar-refractivity contribution in [2.75, 3.05) is 6.54 Å². The minimum Gasteiger partial charge on any atom is -0.333 e. The predicted molar refractivity (Wildman–Crippen MR) is 85.5 cm³/mol. The number of carbonyl (C=O) groups is 1. The Morgan fingerprint density at radius 3 is 3.05 bits per heavy atom. The first-order chi connectivity index (χ1) is 10.8. The van der Waals surface area contributed by atoms with Gasteiger partial charge in [0.25, 0.3) is 0 Å². The fourth-order valence-corrected chi connectivity index (χ4v) is 3.97. The van der Waals surface area contributed by atoms with Crippen LogP contribution in [0.2, 0.25) is 0 Å². The number of hydrogen-bond donors (Lipinski definition) is 0. The van der Waals surface area contributed by atoms with E-state index in [-0.39, 0.29) is 18.5 Å². The first kappa shape index (κ1) is 13.5. The third-order valence-electron chi connectivity index (χ3n) is 4.15. The molecule has 1 saturated heterocycles. The van der Waals surface area contributed by atoms with Crippen LogP contribution in [-0.4, -0.2) is 32.3 Å². The Bertz CT molecular complexity index is 795. The number of benzene rings is 1. The number of nitrogens with zero attached hydrogens (tertiary/aromatic N) is 4. The Labute approximate surface area is 132 Å². The number of rotatable bonds is 3. The average Bonchev–Trinajstić information content (AvgIpc) is 3.27. The molecule has 112 valence electrons. The molecule has 2 aromatic heterocycles. The van der Waals surface area contributed by atoms with Gasteiger partial charge < -0.3 is 4.90 Å². The van der Waals surface area contributed by atoms with E-state index < -0.39 is 0 Å². The maximum atomic E-state index is 12.7. The average molecular weight is 312 g/mol. The number of aromatic nitrogens is 3. The molecule has 0 bridgehead atoms. The lowest BCUT2D eigenvalue weighted by Gasteiger charge is -2.23. The second-order valence-electron chi connectivity index (χ2n) is 5.50. The molecule has 0 N–H and O–H groups in total. The van der Waals surface area contributed by atoms with E-state index in [1.54, 1.807) is 16.0 Å².